The number of aromatic nitrogens is 2. The van der Waals surface area contributed by atoms with Gasteiger partial charge in [0.2, 0.25) is 11.8 Å². The SMILES string of the molecule is CC(C)(C)c1nc(CN2CCC[C@H](C(=O)Nc3ccccc3)C2)no1. The van der Waals surface area contributed by atoms with Crippen molar-refractivity contribution >= 4 is 11.6 Å². The Morgan fingerprint density at radius 1 is 1.32 bits per heavy atom. The number of nitrogens with one attached hydrogen (secondary N) is 1. The van der Waals surface area contributed by atoms with Crippen molar-refractivity contribution in [3.05, 3.63) is 42.0 Å². The van der Waals surface area contributed by atoms with Gasteiger partial charge in [-0.3, -0.25) is 9.69 Å². The molecule has 0 unspecified atom stereocenters. The van der Waals surface area contributed by atoms with Crippen LogP contribution in [0, 0.1) is 5.92 Å². The van der Waals surface area contributed by atoms with E-state index in [0.29, 0.717) is 18.3 Å². The van der Waals surface area contributed by atoms with Crippen molar-refractivity contribution < 1.29 is 9.32 Å². The third kappa shape index (κ3) is 4.66. The summed E-state index contributed by atoms with van der Waals surface area (Å²) in [5.41, 5.74) is 0.697. The highest BCUT2D eigenvalue weighted by molar-refractivity contribution is 5.92. The fraction of sp³-hybridized carbons (Fsp3) is 0.526. The summed E-state index contributed by atoms with van der Waals surface area (Å²) in [7, 11) is 0. The van der Waals surface area contributed by atoms with Gasteiger partial charge in [0, 0.05) is 17.6 Å². The van der Waals surface area contributed by atoms with Crippen molar-refractivity contribution in [1.29, 1.82) is 0 Å². The summed E-state index contributed by atoms with van der Waals surface area (Å²) in [6, 6.07) is 9.60. The first-order valence-corrected chi connectivity index (χ1v) is 8.83. The molecule has 0 radical (unpaired) electrons. The molecule has 1 aliphatic rings. The van der Waals surface area contributed by atoms with Gasteiger partial charge in [0.15, 0.2) is 5.82 Å². The fourth-order valence-electron chi connectivity index (χ4n) is 3.00. The second-order valence-corrected chi connectivity index (χ2v) is 7.70. The van der Waals surface area contributed by atoms with Crippen molar-refractivity contribution in [3.63, 3.8) is 0 Å². The average Bonchev–Trinajstić information content (AvgIpc) is 3.05. The van der Waals surface area contributed by atoms with Crippen molar-refractivity contribution in [1.82, 2.24) is 15.0 Å². The maximum Gasteiger partial charge on any atom is 0.232 e. The molecule has 6 nitrogen and oxygen atoms in total. The smallest absolute Gasteiger partial charge is 0.232 e. The highest BCUT2D eigenvalue weighted by Gasteiger charge is 2.28. The zero-order chi connectivity index (χ0) is 17.9. The minimum atomic E-state index is -0.148. The first kappa shape index (κ1) is 17.6. The normalized spacial score (nSPS) is 18.9. The molecule has 1 aromatic carbocycles. The van der Waals surface area contributed by atoms with E-state index in [1.54, 1.807) is 0 Å². The van der Waals surface area contributed by atoms with Crippen LogP contribution in [-0.4, -0.2) is 34.0 Å². The molecular formula is C19H26N4O2. The van der Waals surface area contributed by atoms with Crippen LogP contribution in [0.5, 0.6) is 0 Å². The van der Waals surface area contributed by atoms with Crippen LogP contribution in [0.25, 0.3) is 0 Å². The van der Waals surface area contributed by atoms with E-state index in [-0.39, 0.29) is 17.2 Å². The highest BCUT2D eigenvalue weighted by atomic mass is 16.5. The van der Waals surface area contributed by atoms with Crippen LogP contribution >= 0.6 is 0 Å². The fourth-order valence-corrected chi connectivity index (χ4v) is 3.00. The molecule has 0 bridgehead atoms. The Labute approximate surface area is 148 Å². The molecule has 1 atom stereocenters. The topological polar surface area (TPSA) is 71.3 Å². The Morgan fingerprint density at radius 2 is 2.08 bits per heavy atom. The number of benzene rings is 1. The van der Waals surface area contributed by atoms with E-state index in [9.17, 15) is 4.79 Å². The molecule has 1 saturated heterocycles. The Hall–Kier alpha value is -2.21. The number of hydrogen-bond acceptors (Lipinski definition) is 5. The van der Waals surface area contributed by atoms with Crippen LogP contribution in [-0.2, 0) is 16.8 Å². The van der Waals surface area contributed by atoms with Crippen LogP contribution in [0.4, 0.5) is 5.69 Å². The first-order valence-electron chi connectivity index (χ1n) is 8.83. The number of amides is 1. The van der Waals surface area contributed by atoms with E-state index in [0.717, 1.165) is 31.6 Å². The number of piperidine rings is 1. The standard InChI is InChI=1S/C19H26N4O2/c1-19(2,3)18-21-16(22-25-18)13-23-11-7-8-14(12-23)17(24)20-15-9-5-4-6-10-15/h4-6,9-10,14H,7-8,11-13H2,1-3H3,(H,20,24)/t14-/m0/s1. The highest BCUT2D eigenvalue weighted by Crippen LogP contribution is 2.22. The molecule has 3 rings (SSSR count). The number of hydrogen-bond donors (Lipinski definition) is 1. The maximum atomic E-state index is 12.5. The molecule has 6 heteroatoms. The molecule has 1 N–H and O–H groups in total. The average molecular weight is 342 g/mol. The second kappa shape index (κ2) is 7.35. The van der Waals surface area contributed by atoms with Gasteiger partial charge in [0.05, 0.1) is 12.5 Å². The molecule has 1 amide bonds. The zero-order valence-corrected chi connectivity index (χ0v) is 15.2. The van der Waals surface area contributed by atoms with Gasteiger partial charge in [-0.25, -0.2) is 0 Å². The lowest BCUT2D eigenvalue weighted by atomic mass is 9.96. The van der Waals surface area contributed by atoms with Crippen LogP contribution < -0.4 is 5.32 Å². The van der Waals surface area contributed by atoms with Crippen LogP contribution in [0.15, 0.2) is 34.9 Å². The lowest BCUT2D eigenvalue weighted by Gasteiger charge is -2.31. The summed E-state index contributed by atoms with van der Waals surface area (Å²) < 4.78 is 5.36. The van der Waals surface area contributed by atoms with Crippen LogP contribution in [0.3, 0.4) is 0 Å². The van der Waals surface area contributed by atoms with Gasteiger partial charge in [-0.2, -0.15) is 4.98 Å². The van der Waals surface area contributed by atoms with Gasteiger partial charge in [0.25, 0.3) is 0 Å². The number of para-hydroxylation sites is 1. The molecule has 1 aromatic heterocycles. The minimum Gasteiger partial charge on any atom is -0.339 e. The third-order valence-corrected chi connectivity index (χ3v) is 4.39. The summed E-state index contributed by atoms with van der Waals surface area (Å²) in [4.78, 5) is 19.2. The summed E-state index contributed by atoms with van der Waals surface area (Å²) in [5.74, 6) is 1.41. The van der Waals surface area contributed by atoms with Gasteiger partial charge in [-0.1, -0.05) is 44.1 Å². The van der Waals surface area contributed by atoms with Gasteiger partial charge >= 0.3 is 0 Å². The molecule has 25 heavy (non-hydrogen) atoms. The van der Waals surface area contributed by atoms with Gasteiger partial charge in [-0.05, 0) is 31.5 Å². The largest absolute Gasteiger partial charge is 0.339 e. The number of carbonyl (C=O) groups excluding carboxylic acids is 1. The summed E-state index contributed by atoms with van der Waals surface area (Å²) >= 11 is 0. The number of rotatable bonds is 4. The number of anilines is 1. The predicted octanol–water partition coefficient (Wildman–Crippen LogP) is 3.22. The minimum absolute atomic E-state index is 0.0112. The number of likely N-dealkylation sites (tertiary alicyclic amines) is 1. The maximum absolute atomic E-state index is 12.5. The number of nitrogens with zero attached hydrogens (tertiary/aromatic N) is 3. The molecule has 134 valence electrons. The Balaban J connectivity index is 1.57. The van der Waals surface area contributed by atoms with E-state index in [1.165, 1.54) is 0 Å². The van der Waals surface area contributed by atoms with Crippen LogP contribution in [0.1, 0.15) is 45.3 Å². The molecule has 1 aliphatic heterocycles. The zero-order valence-electron chi connectivity index (χ0n) is 15.2. The molecule has 0 spiro atoms. The second-order valence-electron chi connectivity index (χ2n) is 7.70. The van der Waals surface area contributed by atoms with E-state index in [4.69, 9.17) is 4.52 Å². The van der Waals surface area contributed by atoms with Crippen molar-refractivity contribution in [2.45, 2.75) is 45.6 Å². The Morgan fingerprint density at radius 3 is 2.76 bits per heavy atom. The van der Waals surface area contributed by atoms with Gasteiger partial charge in [-0.15, -0.1) is 0 Å². The predicted molar refractivity (Wildman–Crippen MR) is 96.1 cm³/mol. The lowest BCUT2D eigenvalue weighted by Crippen LogP contribution is -2.40. The van der Waals surface area contributed by atoms with E-state index in [2.05, 4.69) is 41.1 Å². The van der Waals surface area contributed by atoms with E-state index < -0.39 is 0 Å². The van der Waals surface area contributed by atoms with Crippen molar-refractivity contribution in [3.8, 4) is 0 Å². The Kier molecular flexibility index (Phi) is 5.18. The molecule has 0 aliphatic carbocycles. The monoisotopic (exact) mass is 342 g/mol. The summed E-state index contributed by atoms with van der Waals surface area (Å²) in [6.07, 6.45) is 1.91. The summed E-state index contributed by atoms with van der Waals surface area (Å²) in [6.45, 7) is 8.45. The molecule has 2 heterocycles. The third-order valence-electron chi connectivity index (χ3n) is 4.39. The van der Waals surface area contributed by atoms with E-state index >= 15 is 0 Å². The number of carbonyl (C=O) groups is 1. The van der Waals surface area contributed by atoms with E-state index in [1.807, 2.05) is 30.3 Å². The first-order chi connectivity index (χ1) is 11.9. The van der Waals surface area contributed by atoms with Crippen molar-refractivity contribution in [2.24, 2.45) is 5.92 Å². The lowest BCUT2D eigenvalue weighted by molar-refractivity contribution is -0.121. The molecule has 2 aromatic rings. The summed E-state index contributed by atoms with van der Waals surface area (Å²) in [5, 5.41) is 7.09. The quantitative estimate of drug-likeness (QED) is 0.924. The molecular weight excluding hydrogens is 316 g/mol. The van der Waals surface area contributed by atoms with Gasteiger partial charge < -0.3 is 9.84 Å². The molecule has 1 fully saturated rings. The van der Waals surface area contributed by atoms with Gasteiger partial charge in [0.1, 0.15) is 0 Å². The van der Waals surface area contributed by atoms with Crippen molar-refractivity contribution in [2.75, 3.05) is 18.4 Å². The Bertz CT molecular complexity index is 706. The molecule has 0 saturated carbocycles. The van der Waals surface area contributed by atoms with Crippen LogP contribution in [0.2, 0.25) is 0 Å².